The third-order valence-corrected chi connectivity index (χ3v) is 5.53. The monoisotopic (exact) mass is 345 g/mol. The molecule has 0 bridgehead atoms. The topological polar surface area (TPSA) is 78.4 Å². The van der Waals surface area contributed by atoms with Gasteiger partial charge in [0, 0.05) is 44.3 Å². The zero-order valence-electron chi connectivity index (χ0n) is 15.1. The normalized spacial score (nSPS) is 24.9. The van der Waals surface area contributed by atoms with Crippen molar-refractivity contribution in [2.24, 2.45) is 0 Å². The van der Waals surface area contributed by atoms with Crippen molar-refractivity contribution in [2.45, 2.75) is 44.6 Å². The number of aromatic nitrogens is 2. The molecule has 1 aromatic heterocycles. The van der Waals surface area contributed by atoms with E-state index in [2.05, 4.69) is 34.2 Å². The van der Waals surface area contributed by atoms with Gasteiger partial charge >= 0.3 is 0 Å². The molecule has 2 aliphatic heterocycles. The Morgan fingerprint density at radius 2 is 2.20 bits per heavy atom. The van der Waals surface area contributed by atoms with Gasteiger partial charge in [-0.25, -0.2) is 9.97 Å². The molecule has 2 saturated heterocycles. The van der Waals surface area contributed by atoms with Crippen molar-refractivity contribution in [1.82, 2.24) is 25.1 Å². The summed E-state index contributed by atoms with van der Waals surface area (Å²) in [6.45, 7) is 4.91. The number of hydrogen-bond donors (Lipinski definition) is 1. The van der Waals surface area contributed by atoms with E-state index in [1.54, 1.807) is 6.20 Å². The zero-order chi connectivity index (χ0) is 17.9. The molecular weight excluding hydrogens is 318 g/mol. The Balaban J connectivity index is 1.81. The number of carbonyl (C=O) groups is 2. The standard InChI is InChI=1S/C18H27N5O2/c1-3-4-15-14(11-19-13-21-15)17(25)23-10-9-22(2)18(12-23)6-5-16(24)20-8-7-18/h11,13H,3-10,12H2,1-2H3,(H,20,24)/t18-/m0/s1. The molecule has 136 valence electrons. The van der Waals surface area contributed by atoms with Gasteiger partial charge in [-0.15, -0.1) is 0 Å². The minimum absolute atomic E-state index is 0.0139. The number of likely N-dealkylation sites (N-methyl/N-ethyl adjacent to an activating group) is 1. The molecule has 2 amide bonds. The molecule has 0 aromatic carbocycles. The Morgan fingerprint density at radius 3 is 3.00 bits per heavy atom. The minimum atomic E-state index is -0.131. The van der Waals surface area contributed by atoms with Crippen LogP contribution in [0.15, 0.2) is 12.5 Å². The summed E-state index contributed by atoms with van der Waals surface area (Å²) in [5.41, 5.74) is 1.31. The summed E-state index contributed by atoms with van der Waals surface area (Å²) in [7, 11) is 2.10. The van der Waals surface area contributed by atoms with Gasteiger partial charge in [-0.3, -0.25) is 14.5 Å². The first-order chi connectivity index (χ1) is 12.1. The smallest absolute Gasteiger partial charge is 0.257 e. The van der Waals surface area contributed by atoms with Crippen LogP contribution in [-0.2, 0) is 11.2 Å². The number of carbonyl (C=O) groups excluding carboxylic acids is 2. The molecule has 2 fully saturated rings. The van der Waals surface area contributed by atoms with Crippen LogP contribution in [0, 0.1) is 0 Å². The van der Waals surface area contributed by atoms with Gasteiger partial charge in [0.1, 0.15) is 6.33 Å². The lowest BCUT2D eigenvalue weighted by Crippen LogP contribution is -2.62. The van der Waals surface area contributed by atoms with Crippen molar-refractivity contribution in [3.05, 3.63) is 23.8 Å². The number of aryl methyl sites for hydroxylation is 1. The molecule has 0 radical (unpaired) electrons. The number of nitrogens with zero attached hydrogens (tertiary/aromatic N) is 4. The highest BCUT2D eigenvalue weighted by molar-refractivity contribution is 5.95. The lowest BCUT2D eigenvalue weighted by atomic mass is 9.86. The van der Waals surface area contributed by atoms with E-state index in [1.807, 2.05) is 4.90 Å². The van der Waals surface area contributed by atoms with Crippen LogP contribution in [0.5, 0.6) is 0 Å². The maximum absolute atomic E-state index is 13.1. The fraction of sp³-hybridized carbons (Fsp3) is 0.667. The van der Waals surface area contributed by atoms with Crippen molar-refractivity contribution in [3.8, 4) is 0 Å². The molecule has 1 N–H and O–H groups in total. The van der Waals surface area contributed by atoms with Crippen molar-refractivity contribution in [1.29, 1.82) is 0 Å². The predicted octanol–water partition coefficient (Wildman–Crippen LogP) is 0.856. The SMILES string of the molecule is CCCc1ncncc1C(=O)N1CCN(C)[C@@]2(CCNC(=O)CC2)C1. The van der Waals surface area contributed by atoms with Crippen LogP contribution in [0.25, 0.3) is 0 Å². The van der Waals surface area contributed by atoms with Crippen LogP contribution in [0.3, 0.4) is 0 Å². The van der Waals surface area contributed by atoms with Gasteiger partial charge in [0.15, 0.2) is 0 Å². The van der Waals surface area contributed by atoms with Crippen LogP contribution in [0.2, 0.25) is 0 Å². The third kappa shape index (κ3) is 3.66. The summed E-state index contributed by atoms with van der Waals surface area (Å²) >= 11 is 0. The van der Waals surface area contributed by atoms with E-state index in [-0.39, 0.29) is 17.4 Å². The Morgan fingerprint density at radius 1 is 1.36 bits per heavy atom. The Hall–Kier alpha value is -2.02. The van der Waals surface area contributed by atoms with E-state index in [1.165, 1.54) is 6.33 Å². The highest BCUT2D eigenvalue weighted by Gasteiger charge is 2.42. The van der Waals surface area contributed by atoms with Crippen molar-refractivity contribution < 1.29 is 9.59 Å². The molecule has 2 aliphatic rings. The van der Waals surface area contributed by atoms with Crippen LogP contribution in [0.1, 0.15) is 48.7 Å². The minimum Gasteiger partial charge on any atom is -0.356 e. The van der Waals surface area contributed by atoms with Crippen molar-refractivity contribution in [3.63, 3.8) is 0 Å². The molecule has 0 aliphatic carbocycles. The fourth-order valence-electron chi connectivity index (χ4n) is 3.91. The lowest BCUT2D eigenvalue weighted by Gasteiger charge is -2.49. The Labute approximate surface area is 148 Å². The van der Waals surface area contributed by atoms with Crippen molar-refractivity contribution in [2.75, 3.05) is 33.2 Å². The molecule has 3 heterocycles. The summed E-state index contributed by atoms with van der Waals surface area (Å²) in [5.74, 6) is 0.121. The van der Waals surface area contributed by atoms with Gasteiger partial charge in [0.25, 0.3) is 5.91 Å². The first-order valence-corrected chi connectivity index (χ1v) is 9.12. The largest absolute Gasteiger partial charge is 0.356 e. The summed E-state index contributed by atoms with van der Waals surface area (Å²) in [6.07, 6.45) is 7.04. The molecule has 7 heteroatoms. The summed E-state index contributed by atoms with van der Waals surface area (Å²) in [4.78, 5) is 37.5. The molecule has 1 spiro atoms. The lowest BCUT2D eigenvalue weighted by molar-refractivity contribution is -0.121. The second-order valence-electron chi connectivity index (χ2n) is 7.11. The van der Waals surface area contributed by atoms with Gasteiger partial charge in [-0.2, -0.15) is 0 Å². The number of rotatable bonds is 3. The molecule has 3 rings (SSSR count). The van der Waals surface area contributed by atoms with E-state index < -0.39 is 0 Å². The van der Waals surface area contributed by atoms with Gasteiger partial charge in [0.2, 0.25) is 5.91 Å². The summed E-state index contributed by atoms with van der Waals surface area (Å²) in [6, 6.07) is 0. The van der Waals surface area contributed by atoms with E-state index in [0.29, 0.717) is 31.6 Å². The van der Waals surface area contributed by atoms with Gasteiger partial charge < -0.3 is 10.2 Å². The molecule has 1 aromatic rings. The van der Waals surface area contributed by atoms with E-state index in [9.17, 15) is 9.59 Å². The van der Waals surface area contributed by atoms with Crippen LogP contribution < -0.4 is 5.32 Å². The van der Waals surface area contributed by atoms with Crippen molar-refractivity contribution >= 4 is 11.8 Å². The maximum Gasteiger partial charge on any atom is 0.257 e. The van der Waals surface area contributed by atoms with Gasteiger partial charge in [-0.05, 0) is 26.3 Å². The number of nitrogens with one attached hydrogen (secondary N) is 1. The van der Waals surface area contributed by atoms with E-state index in [4.69, 9.17) is 0 Å². The summed E-state index contributed by atoms with van der Waals surface area (Å²) < 4.78 is 0. The van der Waals surface area contributed by atoms with Crippen LogP contribution >= 0.6 is 0 Å². The molecule has 1 atom stereocenters. The van der Waals surface area contributed by atoms with Gasteiger partial charge in [0.05, 0.1) is 11.3 Å². The Bertz CT molecular complexity index is 650. The third-order valence-electron chi connectivity index (χ3n) is 5.53. The van der Waals surface area contributed by atoms with Crippen LogP contribution in [0.4, 0.5) is 0 Å². The second kappa shape index (κ2) is 7.47. The predicted molar refractivity (Wildman–Crippen MR) is 94.2 cm³/mol. The van der Waals surface area contributed by atoms with Gasteiger partial charge in [-0.1, -0.05) is 13.3 Å². The average Bonchev–Trinajstić information content (AvgIpc) is 2.80. The van der Waals surface area contributed by atoms with E-state index in [0.717, 1.165) is 37.9 Å². The zero-order valence-corrected chi connectivity index (χ0v) is 15.1. The van der Waals surface area contributed by atoms with E-state index >= 15 is 0 Å². The molecule has 0 unspecified atom stereocenters. The number of amides is 2. The number of piperazine rings is 1. The van der Waals surface area contributed by atoms with Crippen LogP contribution in [-0.4, -0.2) is 70.3 Å². The number of hydrogen-bond acceptors (Lipinski definition) is 5. The fourth-order valence-corrected chi connectivity index (χ4v) is 3.91. The first kappa shape index (κ1) is 17.8. The molecular formula is C18H27N5O2. The Kier molecular flexibility index (Phi) is 5.32. The molecule has 0 saturated carbocycles. The summed E-state index contributed by atoms with van der Waals surface area (Å²) in [5, 5.41) is 2.95. The quantitative estimate of drug-likeness (QED) is 0.879. The first-order valence-electron chi connectivity index (χ1n) is 9.12. The average molecular weight is 345 g/mol. The second-order valence-corrected chi connectivity index (χ2v) is 7.11. The molecule has 7 nitrogen and oxygen atoms in total. The maximum atomic E-state index is 13.1. The highest BCUT2D eigenvalue weighted by Crippen LogP contribution is 2.31. The highest BCUT2D eigenvalue weighted by atomic mass is 16.2. The molecule has 25 heavy (non-hydrogen) atoms.